The highest BCUT2D eigenvalue weighted by Crippen LogP contribution is 2.27. The van der Waals surface area contributed by atoms with Crippen molar-refractivity contribution in [3.05, 3.63) is 71.2 Å². The number of aryl methyl sites for hydroxylation is 2. The lowest BCUT2D eigenvalue weighted by atomic mass is 9.96. The van der Waals surface area contributed by atoms with E-state index >= 15 is 0 Å². The standard InChI is InChI=1S/C26H31N5O2/c1-17(2)23-22(15-28-31(23)21-11-9-18(3)10-12-21)26(33)30-14-6-8-20(16-30)25(32)29-24-19(4)7-5-13-27-24/h5,7,9-13,15,17,20H,6,8,14,16H2,1-4H3,(H,27,29,32). The van der Waals surface area contributed by atoms with Gasteiger partial charge in [0, 0.05) is 19.3 Å². The van der Waals surface area contributed by atoms with Crippen LogP contribution in [-0.2, 0) is 4.79 Å². The Morgan fingerprint density at radius 3 is 2.58 bits per heavy atom. The Morgan fingerprint density at radius 2 is 1.88 bits per heavy atom. The topological polar surface area (TPSA) is 80.1 Å². The molecule has 172 valence electrons. The molecule has 1 saturated heterocycles. The lowest BCUT2D eigenvalue weighted by Crippen LogP contribution is -2.44. The second-order valence-electron chi connectivity index (χ2n) is 9.09. The molecule has 1 aliphatic heterocycles. The van der Waals surface area contributed by atoms with Crippen molar-refractivity contribution in [1.82, 2.24) is 19.7 Å². The summed E-state index contributed by atoms with van der Waals surface area (Å²) in [6.07, 6.45) is 4.87. The van der Waals surface area contributed by atoms with Gasteiger partial charge in [-0.15, -0.1) is 0 Å². The van der Waals surface area contributed by atoms with E-state index in [1.165, 1.54) is 5.56 Å². The minimum absolute atomic E-state index is 0.0661. The van der Waals surface area contributed by atoms with Gasteiger partial charge in [-0.1, -0.05) is 37.6 Å². The molecule has 1 N–H and O–H groups in total. The average molecular weight is 446 g/mol. The summed E-state index contributed by atoms with van der Waals surface area (Å²) >= 11 is 0. The first-order valence-corrected chi connectivity index (χ1v) is 11.5. The van der Waals surface area contributed by atoms with E-state index in [1.54, 1.807) is 17.3 Å². The number of aromatic nitrogens is 3. The molecule has 1 atom stereocenters. The summed E-state index contributed by atoms with van der Waals surface area (Å²) in [5.74, 6) is 0.271. The van der Waals surface area contributed by atoms with Gasteiger partial charge < -0.3 is 10.2 Å². The minimum Gasteiger partial charge on any atom is -0.338 e. The van der Waals surface area contributed by atoms with Crippen LogP contribution in [0, 0.1) is 19.8 Å². The number of carbonyl (C=O) groups is 2. The Bertz CT molecular complexity index is 1150. The molecule has 1 aromatic carbocycles. The Hall–Kier alpha value is -3.48. The van der Waals surface area contributed by atoms with E-state index in [1.807, 2.05) is 54.9 Å². The van der Waals surface area contributed by atoms with Crippen LogP contribution in [0.25, 0.3) is 5.69 Å². The van der Waals surface area contributed by atoms with Gasteiger partial charge in [-0.3, -0.25) is 9.59 Å². The summed E-state index contributed by atoms with van der Waals surface area (Å²) < 4.78 is 1.86. The van der Waals surface area contributed by atoms with Gasteiger partial charge in [0.1, 0.15) is 5.82 Å². The molecule has 2 amide bonds. The highest BCUT2D eigenvalue weighted by molar-refractivity contribution is 5.97. The van der Waals surface area contributed by atoms with Crippen LogP contribution >= 0.6 is 0 Å². The summed E-state index contributed by atoms with van der Waals surface area (Å²) in [6, 6.07) is 11.9. The van der Waals surface area contributed by atoms with Crippen molar-refractivity contribution in [3.63, 3.8) is 0 Å². The number of hydrogen-bond donors (Lipinski definition) is 1. The second-order valence-corrected chi connectivity index (χ2v) is 9.09. The molecule has 0 saturated carbocycles. The predicted octanol–water partition coefficient (Wildman–Crippen LogP) is 4.50. The Balaban J connectivity index is 1.53. The van der Waals surface area contributed by atoms with Crippen LogP contribution in [0.4, 0.5) is 5.82 Å². The maximum atomic E-state index is 13.5. The van der Waals surface area contributed by atoms with Gasteiger partial charge in [0.05, 0.1) is 29.1 Å². The van der Waals surface area contributed by atoms with Gasteiger partial charge in [0.2, 0.25) is 5.91 Å². The highest BCUT2D eigenvalue weighted by atomic mass is 16.2. The number of piperidine rings is 1. The molecule has 1 unspecified atom stereocenters. The average Bonchev–Trinajstić information content (AvgIpc) is 3.26. The van der Waals surface area contributed by atoms with Crippen molar-refractivity contribution >= 4 is 17.6 Å². The van der Waals surface area contributed by atoms with E-state index < -0.39 is 0 Å². The quantitative estimate of drug-likeness (QED) is 0.627. The van der Waals surface area contributed by atoms with Crippen LogP contribution in [0.2, 0.25) is 0 Å². The first-order valence-electron chi connectivity index (χ1n) is 11.5. The van der Waals surface area contributed by atoms with Crippen LogP contribution in [0.1, 0.15) is 59.8 Å². The van der Waals surface area contributed by atoms with Crippen LogP contribution < -0.4 is 5.32 Å². The fourth-order valence-corrected chi connectivity index (χ4v) is 4.35. The van der Waals surface area contributed by atoms with Crippen molar-refractivity contribution in [3.8, 4) is 5.69 Å². The van der Waals surface area contributed by atoms with Gasteiger partial charge in [0.15, 0.2) is 0 Å². The van der Waals surface area contributed by atoms with Crippen molar-refractivity contribution in [2.75, 3.05) is 18.4 Å². The maximum absolute atomic E-state index is 13.5. The third-order valence-electron chi connectivity index (χ3n) is 6.19. The zero-order valence-electron chi connectivity index (χ0n) is 19.7. The first kappa shape index (κ1) is 22.7. The van der Waals surface area contributed by atoms with E-state index in [4.69, 9.17) is 0 Å². The molecule has 3 heterocycles. The van der Waals surface area contributed by atoms with Crippen LogP contribution in [-0.4, -0.2) is 44.6 Å². The largest absolute Gasteiger partial charge is 0.338 e. The van der Waals surface area contributed by atoms with Crippen LogP contribution in [0.3, 0.4) is 0 Å². The fraction of sp³-hybridized carbons (Fsp3) is 0.385. The zero-order chi connectivity index (χ0) is 23.5. The number of hydrogen-bond acceptors (Lipinski definition) is 4. The monoisotopic (exact) mass is 445 g/mol. The number of nitrogens with one attached hydrogen (secondary N) is 1. The van der Waals surface area contributed by atoms with E-state index in [9.17, 15) is 9.59 Å². The Kier molecular flexibility index (Phi) is 6.58. The van der Waals surface area contributed by atoms with E-state index in [2.05, 4.69) is 29.2 Å². The number of anilines is 1. The molecule has 0 bridgehead atoms. The fourth-order valence-electron chi connectivity index (χ4n) is 4.35. The van der Waals surface area contributed by atoms with Crippen molar-refractivity contribution in [2.24, 2.45) is 5.92 Å². The third kappa shape index (κ3) is 4.82. The summed E-state index contributed by atoms with van der Waals surface area (Å²) in [7, 11) is 0. The molecule has 3 aromatic rings. The molecular weight excluding hydrogens is 414 g/mol. The van der Waals surface area contributed by atoms with Gasteiger partial charge in [-0.25, -0.2) is 9.67 Å². The third-order valence-corrected chi connectivity index (χ3v) is 6.19. The Labute approximate surface area is 194 Å². The molecule has 2 aromatic heterocycles. The number of likely N-dealkylation sites (tertiary alicyclic amines) is 1. The second kappa shape index (κ2) is 9.57. The number of amides is 2. The number of carbonyl (C=O) groups excluding carboxylic acids is 2. The molecule has 0 aliphatic carbocycles. The normalized spacial score (nSPS) is 16.2. The lowest BCUT2D eigenvalue weighted by molar-refractivity contribution is -0.121. The lowest BCUT2D eigenvalue weighted by Gasteiger charge is -2.32. The summed E-state index contributed by atoms with van der Waals surface area (Å²) in [5, 5.41) is 7.49. The molecule has 33 heavy (non-hydrogen) atoms. The predicted molar refractivity (Wildman–Crippen MR) is 129 cm³/mol. The smallest absolute Gasteiger partial charge is 0.257 e. The maximum Gasteiger partial charge on any atom is 0.257 e. The summed E-state index contributed by atoms with van der Waals surface area (Å²) in [5.41, 5.74) is 4.52. The van der Waals surface area contributed by atoms with Gasteiger partial charge in [-0.05, 0) is 56.4 Å². The molecule has 4 rings (SSSR count). The Morgan fingerprint density at radius 1 is 1.12 bits per heavy atom. The van der Waals surface area contributed by atoms with E-state index in [-0.39, 0.29) is 23.7 Å². The molecule has 0 spiro atoms. The minimum atomic E-state index is -0.265. The number of pyridine rings is 1. The van der Waals surface area contributed by atoms with Gasteiger partial charge in [-0.2, -0.15) is 5.10 Å². The highest BCUT2D eigenvalue weighted by Gasteiger charge is 2.32. The van der Waals surface area contributed by atoms with Crippen LogP contribution in [0.15, 0.2) is 48.8 Å². The number of nitrogens with zero attached hydrogens (tertiary/aromatic N) is 4. The van der Waals surface area contributed by atoms with E-state index in [0.717, 1.165) is 29.8 Å². The molecule has 7 nitrogen and oxygen atoms in total. The number of rotatable bonds is 5. The van der Waals surface area contributed by atoms with Crippen molar-refractivity contribution in [2.45, 2.75) is 46.5 Å². The summed E-state index contributed by atoms with van der Waals surface area (Å²) in [6.45, 7) is 9.13. The zero-order valence-corrected chi connectivity index (χ0v) is 19.7. The summed E-state index contributed by atoms with van der Waals surface area (Å²) in [4.78, 5) is 32.5. The van der Waals surface area contributed by atoms with Crippen LogP contribution in [0.5, 0.6) is 0 Å². The van der Waals surface area contributed by atoms with Gasteiger partial charge in [0.25, 0.3) is 5.91 Å². The molecular formula is C26H31N5O2. The number of benzene rings is 1. The van der Waals surface area contributed by atoms with Gasteiger partial charge >= 0.3 is 0 Å². The van der Waals surface area contributed by atoms with Crippen molar-refractivity contribution in [1.29, 1.82) is 0 Å². The first-order chi connectivity index (χ1) is 15.8. The molecule has 1 fully saturated rings. The van der Waals surface area contributed by atoms with Crippen molar-refractivity contribution < 1.29 is 9.59 Å². The SMILES string of the molecule is Cc1ccc(-n2ncc(C(=O)N3CCCC(C(=O)Nc4ncccc4C)C3)c2C(C)C)cc1. The molecule has 7 heteroatoms. The molecule has 0 radical (unpaired) electrons. The molecule has 1 aliphatic rings. The van der Waals surface area contributed by atoms with E-state index in [0.29, 0.717) is 24.5 Å².